The number of hydrogen-bond acceptors (Lipinski definition) is 9. The molecule has 3 rings (SSSR count). The van der Waals surface area contributed by atoms with E-state index < -0.39 is 0 Å². The van der Waals surface area contributed by atoms with E-state index in [1.807, 2.05) is 6.92 Å². The van der Waals surface area contributed by atoms with Crippen LogP contribution in [0.5, 0.6) is 6.01 Å². The highest BCUT2D eigenvalue weighted by Gasteiger charge is 2.15. The maximum absolute atomic E-state index is 12.5. The van der Waals surface area contributed by atoms with Crippen molar-refractivity contribution < 1.29 is 23.7 Å². The fourth-order valence-electron chi connectivity index (χ4n) is 3.11. The quantitative estimate of drug-likeness (QED) is 0.284. The Labute approximate surface area is 196 Å². The average Bonchev–Trinajstić information content (AvgIpc) is 3.14. The molecular weight excluding hydrogens is 444 g/mol. The summed E-state index contributed by atoms with van der Waals surface area (Å²) in [5, 5.41) is 2.80. The summed E-state index contributed by atoms with van der Waals surface area (Å²) in [5.41, 5.74) is 7.56. The minimum Gasteiger partial charge on any atom is -0.461 e. The number of fused-ring (bicyclic) bond motifs is 1. The fraction of sp³-hybridized carbons (Fsp3) is 0.455. The van der Waals surface area contributed by atoms with Crippen molar-refractivity contribution in [3.63, 3.8) is 0 Å². The second-order valence-electron chi connectivity index (χ2n) is 7.21. The fourth-order valence-corrected chi connectivity index (χ4v) is 3.11. The number of aromatic nitrogens is 4. The number of nitrogens with zero attached hydrogens (tertiary/aromatic N) is 3. The van der Waals surface area contributed by atoms with Gasteiger partial charge >= 0.3 is 11.7 Å². The number of benzene rings is 1. The molecule has 1 amide bonds. The molecule has 0 saturated carbocycles. The minimum absolute atomic E-state index is 0.0590. The number of amides is 1. The van der Waals surface area contributed by atoms with Crippen molar-refractivity contribution in [1.82, 2.24) is 24.8 Å². The zero-order chi connectivity index (χ0) is 24.3. The Bertz CT molecular complexity index is 1130. The predicted octanol–water partition coefficient (Wildman–Crippen LogP) is 0.558. The number of nitrogens with one attached hydrogen (secondary N) is 2. The van der Waals surface area contributed by atoms with Crippen LogP contribution in [0.1, 0.15) is 22.8 Å². The van der Waals surface area contributed by atoms with Gasteiger partial charge in [0, 0.05) is 25.8 Å². The Morgan fingerprint density at radius 2 is 1.85 bits per heavy atom. The van der Waals surface area contributed by atoms with E-state index in [9.17, 15) is 9.59 Å². The van der Waals surface area contributed by atoms with Crippen LogP contribution in [-0.2, 0) is 20.8 Å². The Morgan fingerprint density at radius 3 is 2.59 bits per heavy atom. The first-order valence-corrected chi connectivity index (χ1v) is 10.9. The molecule has 0 saturated heterocycles. The summed E-state index contributed by atoms with van der Waals surface area (Å²) >= 11 is 0. The number of ether oxygens (including phenoxy) is 4. The zero-order valence-corrected chi connectivity index (χ0v) is 19.3. The lowest BCUT2D eigenvalue weighted by Gasteiger charge is -2.08. The van der Waals surface area contributed by atoms with Gasteiger partial charge in [0.25, 0.3) is 5.91 Å². The Kier molecular flexibility index (Phi) is 9.38. The summed E-state index contributed by atoms with van der Waals surface area (Å²) in [6.45, 7) is 5.23. The van der Waals surface area contributed by atoms with E-state index >= 15 is 0 Å². The van der Waals surface area contributed by atoms with Gasteiger partial charge in [-0.25, -0.2) is 4.79 Å². The SMILES string of the molecule is CCOCCOCCNC(=O)c1ccc(Cn2c(=O)[nH]c3c(N)nc(OCCOC)nc32)cc1. The lowest BCUT2D eigenvalue weighted by molar-refractivity contribution is 0.0531. The summed E-state index contributed by atoms with van der Waals surface area (Å²) in [6.07, 6.45) is 0. The summed E-state index contributed by atoms with van der Waals surface area (Å²) in [4.78, 5) is 35.9. The third kappa shape index (κ3) is 6.76. The van der Waals surface area contributed by atoms with Gasteiger partial charge in [0.05, 0.1) is 33.0 Å². The minimum atomic E-state index is -0.379. The number of methoxy groups -OCH3 is 1. The molecule has 0 unspecified atom stereocenters. The van der Waals surface area contributed by atoms with Crippen molar-refractivity contribution in [2.75, 3.05) is 59.0 Å². The van der Waals surface area contributed by atoms with Crippen LogP contribution in [0, 0.1) is 0 Å². The van der Waals surface area contributed by atoms with Crippen LogP contribution >= 0.6 is 0 Å². The smallest absolute Gasteiger partial charge is 0.328 e. The van der Waals surface area contributed by atoms with Crippen LogP contribution in [0.15, 0.2) is 29.1 Å². The summed E-state index contributed by atoms with van der Waals surface area (Å²) in [5.74, 6) is -0.0928. The van der Waals surface area contributed by atoms with Crippen LogP contribution in [0.4, 0.5) is 5.82 Å². The topological polar surface area (TPSA) is 156 Å². The third-order valence-corrected chi connectivity index (χ3v) is 4.81. The van der Waals surface area contributed by atoms with Crippen molar-refractivity contribution in [2.45, 2.75) is 13.5 Å². The van der Waals surface area contributed by atoms with E-state index in [0.29, 0.717) is 56.3 Å². The number of carbonyl (C=O) groups excluding carboxylic acids is 1. The molecule has 1 aromatic carbocycles. The molecule has 12 heteroatoms. The maximum Gasteiger partial charge on any atom is 0.328 e. The van der Waals surface area contributed by atoms with Gasteiger partial charge in [-0.2, -0.15) is 9.97 Å². The third-order valence-electron chi connectivity index (χ3n) is 4.81. The first-order valence-electron chi connectivity index (χ1n) is 10.9. The number of rotatable bonds is 14. The summed E-state index contributed by atoms with van der Waals surface area (Å²) < 4.78 is 22.4. The van der Waals surface area contributed by atoms with Gasteiger partial charge in [0.2, 0.25) is 0 Å². The second kappa shape index (κ2) is 12.7. The molecule has 0 radical (unpaired) electrons. The number of H-pyrrole nitrogens is 1. The largest absolute Gasteiger partial charge is 0.461 e. The molecule has 12 nitrogen and oxygen atoms in total. The van der Waals surface area contributed by atoms with E-state index in [0.717, 1.165) is 5.56 Å². The van der Waals surface area contributed by atoms with Crippen LogP contribution in [0.2, 0.25) is 0 Å². The molecule has 0 aliphatic heterocycles. The molecule has 4 N–H and O–H groups in total. The number of anilines is 1. The van der Waals surface area contributed by atoms with E-state index in [2.05, 4.69) is 20.3 Å². The zero-order valence-electron chi connectivity index (χ0n) is 19.3. The highest BCUT2D eigenvalue weighted by atomic mass is 16.5. The van der Waals surface area contributed by atoms with Crippen LogP contribution in [0.3, 0.4) is 0 Å². The lowest BCUT2D eigenvalue weighted by Crippen LogP contribution is -2.27. The number of hydrogen-bond donors (Lipinski definition) is 3. The van der Waals surface area contributed by atoms with Gasteiger partial charge in [0.1, 0.15) is 12.1 Å². The molecule has 2 aromatic heterocycles. The highest BCUT2D eigenvalue weighted by Crippen LogP contribution is 2.18. The Morgan fingerprint density at radius 1 is 1.09 bits per heavy atom. The van der Waals surface area contributed by atoms with Gasteiger partial charge in [-0.15, -0.1) is 0 Å². The molecule has 0 atom stereocenters. The average molecular weight is 475 g/mol. The van der Waals surface area contributed by atoms with E-state index in [1.165, 1.54) is 4.57 Å². The van der Waals surface area contributed by atoms with Crippen LogP contribution in [-0.4, -0.2) is 78.7 Å². The normalized spacial score (nSPS) is 11.1. The molecule has 2 heterocycles. The maximum atomic E-state index is 12.5. The van der Waals surface area contributed by atoms with E-state index in [1.54, 1.807) is 31.4 Å². The monoisotopic (exact) mass is 474 g/mol. The molecule has 184 valence electrons. The Hall–Kier alpha value is -3.48. The first kappa shape index (κ1) is 25.1. The standard InChI is InChI=1S/C22H30N6O6/c1-3-32-11-12-33-9-8-24-20(29)16-6-4-15(5-7-16)14-28-19-17(25-22(28)30)18(23)26-21(27-19)34-13-10-31-2/h4-7H,3,8-14H2,1-2H3,(H,24,29)(H,25,30)(H2,23,26,27). The van der Waals surface area contributed by atoms with Crippen molar-refractivity contribution in [1.29, 1.82) is 0 Å². The van der Waals surface area contributed by atoms with Gasteiger partial charge in [-0.3, -0.25) is 9.36 Å². The lowest BCUT2D eigenvalue weighted by atomic mass is 10.1. The molecule has 3 aromatic rings. The number of nitrogens with two attached hydrogens (primary N) is 1. The number of nitrogen functional groups attached to an aromatic ring is 1. The van der Waals surface area contributed by atoms with Gasteiger partial charge < -0.3 is 35.0 Å². The molecule has 0 spiro atoms. The number of carbonyl (C=O) groups is 1. The first-order chi connectivity index (χ1) is 16.5. The molecule has 34 heavy (non-hydrogen) atoms. The molecule has 0 fully saturated rings. The number of aromatic amines is 1. The van der Waals surface area contributed by atoms with Gasteiger partial charge in [0.15, 0.2) is 11.5 Å². The van der Waals surface area contributed by atoms with Crippen LogP contribution < -0.4 is 21.5 Å². The molecule has 0 aliphatic carbocycles. The predicted molar refractivity (Wildman–Crippen MR) is 125 cm³/mol. The Balaban J connectivity index is 1.62. The van der Waals surface area contributed by atoms with E-state index in [4.69, 9.17) is 24.7 Å². The molecule has 0 bridgehead atoms. The van der Waals surface area contributed by atoms with E-state index in [-0.39, 0.29) is 36.6 Å². The molecular formula is C22H30N6O6. The van der Waals surface area contributed by atoms with Crippen LogP contribution in [0.25, 0.3) is 11.2 Å². The highest BCUT2D eigenvalue weighted by molar-refractivity contribution is 5.94. The summed E-state index contributed by atoms with van der Waals surface area (Å²) in [7, 11) is 1.56. The van der Waals surface area contributed by atoms with Crippen molar-refractivity contribution >= 4 is 22.9 Å². The van der Waals surface area contributed by atoms with Crippen molar-refractivity contribution in [2.24, 2.45) is 0 Å². The van der Waals surface area contributed by atoms with Gasteiger partial charge in [-0.1, -0.05) is 12.1 Å². The molecule has 0 aliphatic rings. The summed E-state index contributed by atoms with van der Waals surface area (Å²) in [6, 6.07) is 7.01. The van der Waals surface area contributed by atoms with Crippen molar-refractivity contribution in [3.05, 3.63) is 45.9 Å². The second-order valence-corrected chi connectivity index (χ2v) is 7.21. The number of imidazole rings is 1. The van der Waals surface area contributed by atoms with Crippen molar-refractivity contribution in [3.8, 4) is 6.01 Å². The van der Waals surface area contributed by atoms with Gasteiger partial charge in [-0.05, 0) is 24.6 Å².